The fourth-order valence-electron chi connectivity index (χ4n) is 3.72. The normalized spacial score (nSPS) is 24.6. The molecule has 0 amide bonds. The maximum atomic E-state index is 13.0. The predicted molar refractivity (Wildman–Crippen MR) is 104 cm³/mol. The molecule has 0 radical (unpaired) electrons. The second kappa shape index (κ2) is 6.82. The Hall–Kier alpha value is -1.65. The van der Waals surface area contributed by atoms with Crippen LogP contribution in [0.25, 0.3) is 0 Å². The van der Waals surface area contributed by atoms with Crippen LogP contribution in [0.5, 0.6) is 5.75 Å². The van der Waals surface area contributed by atoms with E-state index in [9.17, 15) is 10.1 Å². The van der Waals surface area contributed by atoms with E-state index in [1.54, 1.807) is 7.11 Å². The van der Waals surface area contributed by atoms with Crippen LogP contribution in [0.3, 0.4) is 0 Å². The van der Waals surface area contributed by atoms with E-state index in [0.29, 0.717) is 40.0 Å². The minimum absolute atomic E-state index is 0.0350. The Morgan fingerprint density at radius 1 is 1.35 bits per heavy atom. The molecular formula is C19H18Br2N2O3. The molecule has 0 aromatic heterocycles. The van der Waals surface area contributed by atoms with E-state index < -0.39 is 11.8 Å². The largest absolute Gasteiger partial charge is 0.495 e. The molecule has 0 saturated heterocycles. The van der Waals surface area contributed by atoms with Gasteiger partial charge < -0.3 is 9.47 Å². The standard InChI is InChI=1S/C19H18Br2N2O3/c1-19(2)6-13(24)16-14(7-19)26-18(23)11(8-22)15(16)10-4-9(20)5-12(21)17(10)25-3/h4-5,11,15,23H,6-7H2,1-3H3. The highest BCUT2D eigenvalue weighted by molar-refractivity contribution is 9.11. The highest BCUT2D eigenvalue weighted by Crippen LogP contribution is 2.51. The number of ether oxygens (including phenoxy) is 2. The first-order valence-electron chi connectivity index (χ1n) is 8.13. The minimum Gasteiger partial charge on any atom is -0.495 e. The average Bonchev–Trinajstić information content (AvgIpc) is 2.51. The van der Waals surface area contributed by atoms with Crippen molar-refractivity contribution in [2.24, 2.45) is 11.3 Å². The third kappa shape index (κ3) is 3.21. The monoisotopic (exact) mass is 480 g/mol. The number of halogens is 2. The van der Waals surface area contributed by atoms with Gasteiger partial charge in [-0.15, -0.1) is 0 Å². The third-order valence-corrected chi connectivity index (χ3v) is 5.80. The number of methoxy groups -OCH3 is 1. The topological polar surface area (TPSA) is 83.2 Å². The number of nitrogens with zero attached hydrogens (tertiary/aromatic N) is 1. The lowest BCUT2D eigenvalue weighted by atomic mass is 9.68. The van der Waals surface area contributed by atoms with Crippen LogP contribution in [0.15, 0.2) is 32.4 Å². The number of nitrogens with one attached hydrogen (secondary N) is 1. The molecule has 1 aromatic carbocycles. The molecule has 26 heavy (non-hydrogen) atoms. The van der Waals surface area contributed by atoms with Crippen molar-refractivity contribution in [2.75, 3.05) is 7.11 Å². The van der Waals surface area contributed by atoms with Crippen molar-refractivity contribution in [3.8, 4) is 11.8 Å². The van der Waals surface area contributed by atoms with E-state index in [2.05, 4.69) is 37.9 Å². The molecule has 1 aliphatic heterocycles. The van der Waals surface area contributed by atoms with Gasteiger partial charge in [-0.3, -0.25) is 10.2 Å². The number of hydrogen-bond acceptors (Lipinski definition) is 5. The molecule has 0 fully saturated rings. The Labute approximate surface area is 169 Å². The van der Waals surface area contributed by atoms with Gasteiger partial charge in [0.2, 0.25) is 5.90 Å². The lowest BCUT2D eigenvalue weighted by molar-refractivity contribution is -0.119. The molecule has 2 atom stereocenters. The number of nitriles is 1. The van der Waals surface area contributed by atoms with E-state index >= 15 is 0 Å². The van der Waals surface area contributed by atoms with Crippen LogP contribution in [-0.2, 0) is 9.53 Å². The highest BCUT2D eigenvalue weighted by Gasteiger charge is 2.47. The van der Waals surface area contributed by atoms with E-state index in [1.807, 2.05) is 26.0 Å². The lowest BCUT2D eigenvalue weighted by Crippen LogP contribution is -2.38. The molecule has 3 rings (SSSR count). The zero-order valence-corrected chi connectivity index (χ0v) is 17.8. The van der Waals surface area contributed by atoms with Crippen molar-refractivity contribution in [3.63, 3.8) is 0 Å². The summed E-state index contributed by atoms with van der Waals surface area (Å²) < 4.78 is 12.7. The molecule has 1 aromatic rings. The van der Waals surface area contributed by atoms with Gasteiger partial charge >= 0.3 is 0 Å². The molecule has 2 aliphatic rings. The molecular weight excluding hydrogens is 464 g/mol. The smallest absolute Gasteiger partial charge is 0.205 e. The molecule has 0 bridgehead atoms. The Morgan fingerprint density at radius 2 is 2.04 bits per heavy atom. The number of hydrogen-bond donors (Lipinski definition) is 1. The maximum Gasteiger partial charge on any atom is 0.205 e. The van der Waals surface area contributed by atoms with Crippen LogP contribution in [-0.4, -0.2) is 18.8 Å². The third-order valence-electron chi connectivity index (χ3n) is 4.75. The summed E-state index contributed by atoms with van der Waals surface area (Å²) in [4.78, 5) is 13.0. The summed E-state index contributed by atoms with van der Waals surface area (Å²) in [5.41, 5.74) is 0.950. The Bertz CT molecular complexity index is 884. The molecule has 5 nitrogen and oxygen atoms in total. The fourth-order valence-corrected chi connectivity index (χ4v) is 5.14. The summed E-state index contributed by atoms with van der Waals surface area (Å²) >= 11 is 6.95. The summed E-state index contributed by atoms with van der Waals surface area (Å²) in [6.45, 7) is 4.01. The predicted octanol–water partition coefficient (Wildman–Crippen LogP) is 5.09. The summed E-state index contributed by atoms with van der Waals surface area (Å²) in [6, 6.07) is 5.83. The number of Topliss-reactive ketones (excluding diaryl/α,β-unsaturated/α-hetero) is 1. The first kappa shape index (κ1) is 19.1. The van der Waals surface area contributed by atoms with Crippen LogP contribution in [0.2, 0.25) is 0 Å². The Kier molecular flexibility index (Phi) is 5.02. The summed E-state index contributed by atoms with van der Waals surface area (Å²) in [6.07, 6.45) is 0.942. The van der Waals surface area contributed by atoms with Gasteiger partial charge in [-0.05, 0) is 33.5 Å². The summed E-state index contributed by atoms with van der Waals surface area (Å²) in [5.74, 6) is -0.576. The Morgan fingerprint density at radius 3 is 2.65 bits per heavy atom. The van der Waals surface area contributed by atoms with Crippen LogP contribution < -0.4 is 4.74 Å². The van der Waals surface area contributed by atoms with Gasteiger partial charge in [-0.2, -0.15) is 5.26 Å². The lowest BCUT2D eigenvalue weighted by Gasteiger charge is -2.39. The molecule has 0 saturated carbocycles. The van der Waals surface area contributed by atoms with Crippen molar-refractivity contribution < 1.29 is 14.3 Å². The molecule has 136 valence electrons. The maximum absolute atomic E-state index is 13.0. The zero-order chi connectivity index (χ0) is 19.2. The van der Waals surface area contributed by atoms with Crippen molar-refractivity contribution >= 4 is 43.5 Å². The van der Waals surface area contributed by atoms with Crippen molar-refractivity contribution in [1.29, 1.82) is 10.7 Å². The van der Waals surface area contributed by atoms with Gasteiger partial charge in [0.05, 0.1) is 17.7 Å². The number of allylic oxidation sites excluding steroid dienone is 2. The average molecular weight is 482 g/mol. The molecule has 1 aliphatic carbocycles. The molecule has 1 N–H and O–H groups in total. The molecule has 2 unspecified atom stereocenters. The first-order valence-corrected chi connectivity index (χ1v) is 9.72. The van der Waals surface area contributed by atoms with Gasteiger partial charge in [0, 0.05) is 34.4 Å². The fraction of sp³-hybridized carbons (Fsp3) is 0.421. The molecule has 7 heteroatoms. The number of benzene rings is 1. The van der Waals surface area contributed by atoms with Crippen molar-refractivity contribution in [3.05, 3.63) is 38.0 Å². The van der Waals surface area contributed by atoms with Crippen LogP contribution in [0.1, 0.15) is 38.2 Å². The molecule has 0 spiro atoms. The van der Waals surface area contributed by atoms with Crippen LogP contribution in [0, 0.1) is 28.1 Å². The number of carbonyl (C=O) groups excluding carboxylic acids is 1. The van der Waals surface area contributed by atoms with Crippen molar-refractivity contribution in [1.82, 2.24) is 0 Å². The van der Waals surface area contributed by atoms with Gasteiger partial charge in [0.1, 0.15) is 17.4 Å². The summed E-state index contributed by atoms with van der Waals surface area (Å²) in [7, 11) is 1.55. The first-order chi connectivity index (χ1) is 12.2. The van der Waals surface area contributed by atoms with Gasteiger partial charge in [0.15, 0.2) is 5.78 Å². The van der Waals surface area contributed by atoms with E-state index in [4.69, 9.17) is 14.9 Å². The number of rotatable bonds is 2. The van der Waals surface area contributed by atoms with E-state index in [1.165, 1.54) is 0 Å². The van der Waals surface area contributed by atoms with Crippen LogP contribution >= 0.6 is 31.9 Å². The van der Waals surface area contributed by atoms with Crippen LogP contribution in [0.4, 0.5) is 0 Å². The highest BCUT2D eigenvalue weighted by atomic mass is 79.9. The number of ketones is 1. The second-order valence-corrected chi connectivity index (χ2v) is 9.11. The van der Waals surface area contributed by atoms with E-state index in [-0.39, 0.29) is 17.1 Å². The second-order valence-electron chi connectivity index (χ2n) is 7.34. The van der Waals surface area contributed by atoms with Gasteiger partial charge in [-0.1, -0.05) is 29.8 Å². The quantitative estimate of drug-likeness (QED) is 0.637. The van der Waals surface area contributed by atoms with Crippen molar-refractivity contribution in [2.45, 2.75) is 32.6 Å². The molecule has 1 heterocycles. The summed E-state index contributed by atoms with van der Waals surface area (Å²) in [5, 5.41) is 17.9. The van der Waals surface area contributed by atoms with Gasteiger partial charge in [-0.25, -0.2) is 0 Å². The van der Waals surface area contributed by atoms with Gasteiger partial charge in [0.25, 0.3) is 0 Å². The minimum atomic E-state index is -0.881. The SMILES string of the molecule is COc1c(Br)cc(Br)cc1C1C2=C(CC(C)(C)CC2=O)OC(=N)C1C#N. The number of carbonyl (C=O) groups is 1. The van der Waals surface area contributed by atoms with E-state index in [0.717, 1.165) is 4.47 Å². The zero-order valence-electron chi connectivity index (χ0n) is 14.7. The Balaban J connectivity index is 2.28.